The lowest BCUT2D eigenvalue weighted by atomic mass is 9.95. The molecule has 0 saturated carbocycles. The van der Waals surface area contributed by atoms with Crippen molar-refractivity contribution in [3.63, 3.8) is 0 Å². The van der Waals surface area contributed by atoms with Crippen molar-refractivity contribution < 1.29 is 14.3 Å². The van der Waals surface area contributed by atoms with Crippen LogP contribution in [-0.2, 0) is 14.3 Å². The van der Waals surface area contributed by atoms with Gasteiger partial charge in [0.05, 0.1) is 12.7 Å². The predicted molar refractivity (Wildman–Crippen MR) is 105 cm³/mol. The zero-order chi connectivity index (χ0) is 19.1. The van der Waals surface area contributed by atoms with Gasteiger partial charge in [0, 0.05) is 44.7 Å². The summed E-state index contributed by atoms with van der Waals surface area (Å²) in [5.74, 6) is 0.0728. The number of nitrogens with one attached hydrogen (secondary N) is 1. The summed E-state index contributed by atoms with van der Waals surface area (Å²) in [6.07, 6.45) is 4.94. The maximum absolute atomic E-state index is 12.4. The molecule has 27 heavy (non-hydrogen) atoms. The molecule has 1 N–H and O–H groups in total. The molecule has 6 heteroatoms. The van der Waals surface area contributed by atoms with Crippen LogP contribution in [0, 0.1) is 5.92 Å². The average molecular weight is 371 g/mol. The zero-order valence-electron chi connectivity index (χ0n) is 16.0. The molecule has 2 aliphatic rings. The Morgan fingerprint density at radius 2 is 1.93 bits per heavy atom. The number of carbonyl (C=O) groups is 2. The van der Waals surface area contributed by atoms with Crippen molar-refractivity contribution >= 4 is 17.9 Å². The molecule has 2 saturated heterocycles. The number of benzene rings is 1. The Kier molecular flexibility index (Phi) is 7.01. The summed E-state index contributed by atoms with van der Waals surface area (Å²) in [5, 5.41) is 3.03. The van der Waals surface area contributed by atoms with Crippen molar-refractivity contribution in [2.24, 2.45) is 5.92 Å². The van der Waals surface area contributed by atoms with E-state index >= 15 is 0 Å². The summed E-state index contributed by atoms with van der Waals surface area (Å²) in [7, 11) is 2.07. The first-order chi connectivity index (χ1) is 13.1. The van der Waals surface area contributed by atoms with Crippen LogP contribution in [0.1, 0.15) is 18.4 Å². The molecule has 3 rings (SSSR count). The van der Waals surface area contributed by atoms with Gasteiger partial charge in [-0.3, -0.25) is 9.59 Å². The molecule has 1 atom stereocenters. The van der Waals surface area contributed by atoms with E-state index < -0.39 is 0 Å². The maximum Gasteiger partial charge on any atom is 0.246 e. The van der Waals surface area contributed by atoms with E-state index in [4.69, 9.17) is 4.74 Å². The van der Waals surface area contributed by atoms with Crippen molar-refractivity contribution in [2.45, 2.75) is 18.9 Å². The molecule has 2 aliphatic heterocycles. The number of hydrogen-bond acceptors (Lipinski definition) is 4. The molecule has 0 radical (unpaired) electrons. The largest absolute Gasteiger partial charge is 0.374 e. The summed E-state index contributed by atoms with van der Waals surface area (Å²) < 4.78 is 5.68. The summed E-state index contributed by atoms with van der Waals surface area (Å²) >= 11 is 0. The number of piperidine rings is 1. The first-order valence-electron chi connectivity index (χ1n) is 9.71. The highest BCUT2D eigenvalue weighted by atomic mass is 16.5. The molecular formula is C21H29N3O3. The quantitative estimate of drug-likeness (QED) is 0.795. The summed E-state index contributed by atoms with van der Waals surface area (Å²) in [4.78, 5) is 28.8. The van der Waals surface area contributed by atoms with Gasteiger partial charge in [0.15, 0.2) is 0 Å². The Morgan fingerprint density at radius 1 is 1.19 bits per heavy atom. The van der Waals surface area contributed by atoms with Crippen LogP contribution in [-0.4, -0.2) is 74.1 Å². The van der Waals surface area contributed by atoms with Crippen LogP contribution in [0.3, 0.4) is 0 Å². The van der Waals surface area contributed by atoms with E-state index in [-0.39, 0.29) is 23.8 Å². The molecule has 1 aromatic carbocycles. The number of ether oxygens (including phenoxy) is 1. The van der Waals surface area contributed by atoms with Gasteiger partial charge >= 0.3 is 0 Å². The number of amides is 2. The molecule has 2 heterocycles. The second-order valence-electron chi connectivity index (χ2n) is 7.34. The number of likely N-dealkylation sites (tertiary alicyclic amines) is 1. The standard InChI is InChI=1S/C21H29N3O3/c1-23-13-14-27-19(16-23)15-22-21(26)18-9-11-24(12-10-18)20(25)8-7-17-5-3-2-4-6-17/h2-8,18-19H,9-16H2,1H3,(H,22,26)/b8-7+/t19-/m1/s1. The summed E-state index contributed by atoms with van der Waals surface area (Å²) in [6, 6.07) is 9.78. The molecule has 146 valence electrons. The topological polar surface area (TPSA) is 61.9 Å². The highest BCUT2D eigenvalue weighted by Crippen LogP contribution is 2.18. The molecule has 0 spiro atoms. The Morgan fingerprint density at radius 3 is 2.63 bits per heavy atom. The molecule has 0 aromatic heterocycles. The number of morpholine rings is 1. The van der Waals surface area contributed by atoms with E-state index in [1.807, 2.05) is 41.3 Å². The maximum atomic E-state index is 12.4. The number of nitrogens with zero attached hydrogens (tertiary/aromatic N) is 2. The highest BCUT2D eigenvalue weighted by molar-refractivity contribution is 5.92. The zero-order valence-corrected chi connectivity index (χ0v) is 16.0. The molecule has 6 nitrogen and oxygen atoms in total. The molecule has 2 amide bonds. The van der Waals surface area contributed by atoms with E-state index in [0.717, 1.165) is 18.7 Å². The minimum absolute atomic E-state index is 0.0105. The molecular weight excluding hydrogens is 342 g/mol. The van der Waals surface area contributed by atoms with Crippen LogP contribution in [0.2, 0.25) is 0 Å². The van der Waals surface area contributed by atoms with Gasteiger partial charge in [0.25, 0.3) is 0 Å². The Hall–Kier alpha value is -2.18. The van der Waals surface area contributed by atoms with Crippen LogP contribution in [0.5, 0.6) is 0 Å². The minimum atomic E-state index is -0.0199. The van der Waals surface area contributed by atoms with Crippen LogP contribution in [0.25, 0.3) is 6.08 Å². The van der Waals surface area contributed by atoms with Crippen LogP contribution >= 0.6 is 0 Å². The summed E-state index contributed by atoms with van der Waals surface area (Å²) in [6.45, 7) is 4.31. The number of carbonyl (C=O) groups excluding carboxylic acids is 2. The Balaban J connectivity index is 1.39. The normalized spacial score (nSPS) is 22.1. The van der Waals surface area contributed by atoms with Crippen molar-refractivity contribution in [1.29, 1.82) is 0 Å². The molecule has 1 aromatic rings. The van der Waals surface area contributed by atoms with Crippen molar-refractivity contribution in [2.75, 3.05) is 46.4 Å². The lowest BCUT2D eigenvalue weighted by Crippen LogP contribution is -2.48. The molecule has 0 bridgehead atoms. The lowest BCUT2D eigenvalue weighted by Gasteiger charge is -2.32. The SMILES string of the molecule is CN1CCO[C@H](CNC(=O)C2CCN(C(=O)/C=C/c3ccccc3)CC2)C1. The van der Waals surface area contributed by atoms with Gasteiger partial charge < -0.3 is 19.9 Å². The fraction of sp³-hybridized carbons (Fsp3) is 0.524. The number of likely N-dealkylation sites (N-methyl/N-ethyl adjacent to an activating group) is 1. The van der Waals surface area contributed by atoms with Gasteiger partial charge in [-0.15, -0.1) is 0 Å². The first kappa shape index (κ1) is 19.6. The van der Waals surface area contributed by atoms with Crippen LogP contribution in [0.15, 0.2) is 36.4 Å². The highest BCUT2D eigenvalue weighted by Gasteiger charge is 2.27. The lowest BCUT2D eigenvalue weighted by molar-refractivity contribution is -0.132. The van der Waals surface area contributed by atoms with Gasteiger partial charge in [-0.25, -0.2) is 0 Å². The monoisotopic (exact) mass is 371 g/mol. The van der Waals surface area contributed by atoms with Crippen LogP contribution in [0.4, 0.5) is 0 Å². The van der Waals surface area contributed by atoms with Gasteiger partial charge in [-0.2, -0.15) is 0 Å². The second kappa shape index (κ2) is 9.67. The predicted octanol–water partition coefficient (Wildman–Crippen LogP) is 1.39. The van der Waals surface area contributed by atoms with E-state index in [9.17, 15) is 9.59 Å². The second-order valence-corrected chi connectivity index (χ2v) is 7.34. The number of rotatable bonds is 5. The van der Waals surface area contributed by atoms with E-state index in [1.54, 1.807) is 6.08 Å². The minimum Gasteiger partial charge on any atom is -0.374 e. The van der Waals surface area contributed by atoms with Gasteiger partial charge in [0.1, 0.15) is 0 Å². The van der Waals surface area contributed by atoms with E-state index in [1.165, 1.54) is 0 Å². The Bertz CT molecular complexity index is 654. The van der Waals surface area contributed by atoms with E-state index in [0.29, 0.717) is 39.1 Å². The fourth-order valence-corrected chi connectivity index (χ4v) is 3.55. The molecule has 0 unspecified atom stereocenters. The smallest absolute Gasteiger partial charge is 0.246 e. The first-order valence-corrected chi connectivity index (χ1v) is 9.71. The molecule has 0 aliphatic carbocycles. The van der Waals surface area contributed by atoms with Crippen molar-refractivity contribution in [3.05, 3.63) is 42.0 Å². The number of hydrogen-bond donors (Lipinski definition) is 1. The Labute approximate surface area is 161 Å². The summed E-state index contributed by atoms with van der Waals surface area (Å²) in [5.41, 5.74) is 1.01. The molecule has 2 fully saturated rings. The third-order valence-corrected chi connectivity index (χ3v) is 5.24. The van der Waals surface area contributed by atoms with Crippen LogP contribution < -0.4 is 5.32 Å². The van der Waals surface area contributed by atoms with Gasteiger partial charge in [-0.1, -0.05) is 30.3 Å². The van der Waals surface area contributed by atoms with Gasteiger partial charge in [0.2, 0.25) is 11.8 Å². The fourth-order valence-electron chi connectivity index (χ4n) is 3.55. The van der Waals surface area contributed by atoms with E-state index in [2.05, 4.69) is 17.3 Å². The van der Waals surface area contributed by atoms with Crippen molar-refractivity contribution in [1.82, 2.24) is 15.1 Å². The third kappa shape index (κ3) is 5.91. The van der Waals surface area contributed by atoms with Crippen molar-refractivity contribution in [3.8, 4) is 0 Å². The van der Waals surface area contributed by atoms with Gasteiger partial charge in [-0.05, 0) is 31.5 Å². The third-order valence-electron chi connectivity index (χ3n) is 5.24. The average Bonchev–Trinajstić information content (AvgIpc) is 2.71.